The lowest BCUT2D eigenvalue weighted by molar-refractivity contribution is -0.117. The van der Waals surface area contributed by atoms with Crippen LogP contribution in [0.2, 0.25) is 0 Å². The van der Waals surface area contributed by atoms with E-state index >= 15 is 0 Å². The average Bonchev–Trinajstić information content (AvgIpc) is 2.42. The molecule has 0 saturated carbocycles. The van der Waals surface area contributed by atoms with Crippen molar-refractivity contribution in [1.82, 2.24) is 4.90 Å². The van der Waals surface area contributed by atoms with E-state index in [0.717, 1.165) is 12.8 Å². The lowest BCUT2D eigenvalue weighted by Crippen LogP contribution is -2.43. The fraction of sp³-hybridized carbons (Fsp3) is 0.846. The van der Waals surface area contributed by atoms with Crippen LogP contribution in [0.3, 0.4) is 0 Å². The first-order valence-electron chi connectivity index (χ1n) is 6.21. The number of carbonyl (C=O) groups is 2. The second-order valence-electron chi connectivity index (χ2n) is 5.87. The molecule has 1 amide bonds. The summed E-state index contributed by atoms with van der Waals surface area (Å²) in [5.41, 5.74) is -0.486. The molecule has 2 unspecified atom stereocenters. The summed E-state index contributed by atoms with van der Waals surface area (Å²) in [5, 5.41) is 0. The van der Waals surface area contributed by atoms with Gasteiger partial charge in [0.2, 0.25) is 0 Å². The number of amides is 1. The molecule has 4 heteroatoms. The fourth-order valence-corrected chi connectivity index (χ4v) is 2.25. The number of ether oxygens (including phenoxy) is 1. The molecule has 0 aliphatic carbocycles. The van der Waals surface area contributed by atoms with Crippen LogP contribution in [0.25, 0.3) is 0 Å². The van der Waals surface area contributed by atoms with Crippen LogP contribution in [0.15, 0.2) is 0 Å². The second kappa shape index (κ2) is 5.07. The molecule has 0 aromatic heterocycles. The Balaban J connectivity index is 2.70. The summed E-state index contributed by atoms with van der Waals surface area (Å²) in [7, 11) is 0. The molecule has 0 spiro atoms. The molecule has 1 aliphatic heterocycles. The van der Waals surface area contributed by atoms with Crippen molar-refractivity contribution in [2.75, 3.05) is 0 Å². The Morgan fingerprint density at radius 2 is 1.88 bits per heavy atom. The molecule has 2 atom stereocenters. The number of hydrogen-bond acceptors (Lipinski definition) is 3. The number of carbonyl (C=O) groups excluding carboxylic acids is 2. The molecule has 17 heavy (non-hydrogen) atoms. The van der Waals surface area contributed by atoms with Crippen molar-refractivity contribution < 1.29 is 14.3 Å². The molecule has 0 N–H and O–H groups in total. The Labute approximate surface area is 103 Å². The summed E-state index contributed by atoms with van der Waals surface area (Å²) in [6.07, 6.45) is 1.97. The Bertz CT molecular complexity index is 306. The Morgan fingerprint density at radius 3 is 2.35 bits per heavy atom. The van der Waals surface area contributed by atoms with Crippen LogP contribution in [0, 0.1) is 0 Å². The maximum absolute atomic E-state index is 12.1. The monoisotopic (exact) mass is 241 g/mol. The topological polar surface area (TPSA) is 46.6 Å². The van der Waals surface area contributed by atoms with E-state index in [1.54, 1.807) is 11.8 Å². The molecule has 98 valence electrons. The molecular weight excluding hydrogens is 218 g/mol. The van der Waals surface area contributed by atoms with Gasteiger partial charge in [-0.2, -0.15) is 0 Å². The van der Waals surface area contributed by atoms with Crippen LogP contribution >= 0.6 is 0 Å². The van der Waals surface area contributed by atoms with Gasteiger partial charge in [0.15, 0.2) is 0 Å². The minimum Gasteiger partial charge on any atom is -0.444 e. The van der Waals surface area contributed by atoms with Crippen molar-refractivity contribution in [2.45, 2.75) is 71.6 Å². The van der Waals surface area contributed by atoms with Gasteiger partial charge in [0.05, 0.1) is 0 Å². The van der Waals surface area contributed by atoms with Gasteiger partial charge in [-0.15, -0.1) is 0 Å². The van der Waals surface area contributed by atoms with E-state index in [-0.39, 0.29) is 24.0 Å². The second-order valence-corrected chi connectivity index (χ2v) is 5.87. The normalized spacial score (nSPS) is 24.9. The minimum atomic E-state index is -0.486. The van der Waals surface area contributed by atoms with Crippen molar-refractivity contribution in [1.29, 1.82) is 0 Å². The van der Waals surface area contributed by atoms with E-state index in [4.69, 9.17) is 4.74 Å². The van der Waals surface area contributed by atoms with Gasteiger partial charge in [0.25, 0.3) is 0 Å². The predicted molar refractivity (Wildman–Crippen MR) is 65.9 cm³/mol. The van der Waals surface area contributed by atoms with E-state index in [9.17, 15) is 9.59 Å². The number of Topliss-reactive ketones (excluding diaryl/α,β-unsaturated/α-hetero) is 1. The fourth-order valence-electron chi connectivity index (χ4n) is 2.25. The lowest BCUT2D eigenvalue weighted by atomic mass is 10.1. The third-order valence-electron chi connectivity index (χ3n) is 2.91. The zero-order valence-electron chi connectivity index (χ0n) is 11.4. The van der Waals surface area contributed by atoms with Crippen molar-refractivity contribution in [3.05, 3.63) is 0 Å². The molecular formula is C13H23NO3. The highest BCUT2D eigenvalue weighted by Crippen LogP contribution is 2.28. The largest absolute Gasteiger partial charge is 0.444 e. The van der Waals surface area contributed by atoms with Gasteiger partial charge in [-0.3, -0.25) is 4.79 Å². The standard InChI is InChI=1S/C13H23NO3/c1-9-6-7-11(8-10(2)15)14(9)12(16)17-13(3,4)5/h9,11H,6-8H2,1-5H3. The minimum absolute atomic E-state index is 0.0114. The van der Waals surface area contributed by atoms with Gasteiger partial charge in [-0.1, -0.05) is 0 Å². The summed E-state index contributed by atoms with van der Waals surface area (Å²) in [6.45, 7) is 9.13. The summed E-state index contributed by atoms with van der Waals surface area (Å²) in [5.74, 6) is 0.123. The van der Waals surface area contributed by atoms with Gasteiger partial charge in [-0.25, -0.2) is 4.79 Å². The quantitative estimate of drug-likeness (QED) is 0.746. The number of hydrogen-bond donors (Lipinski definition) is 0. The predicted octanol–water partition coefficient (Wildman–Crippen LogP) is 2.75. The molecule has 1 fully saturated rings. The van der Waals surface area contributed by atoms with Gasteiger partial charge in [-0.05, 0) is 47.5 Å². The molecule has 0 radical (unpaired) electrons. The summed E-state index contributed by atoms with van der Waals surface area (Å²) >= 11 is 0. The van der Waals surface area contributed by atoms with Gasteiger partial charge in [0, 0.05) is 18.5 Å². The Morgan fingerprint density at radius 1 is 1.29 bits per heavy atom. The van der Waals surface area contributed by atoms with Crippen LogP contribution in [-0.4, -0.2) is 34.5 Å². The summed E-state index contributed by atoms with van der Waals surface area (Å²) in [6, 6.07) is 0.173. The van der Waals surface area contributed by atoms with E-state index in [0.29, 0.717) is 6.42 Å². The van der Waals surface area contributed by atoms with Crippen LogP contribution < -0.4 is 0 Å². The highest BCUT2D eigenvalue weighted by Gasteiger charge is 2.37. The van der Waals surface area contributed by atoms with Crippen molar-refractivity contribution in [3.8, 4) is 0 Å². The number of ketones is 1. The van der Waals surface area contributed by atoms with E-state index < -0.39 is 5.60 Å². The Hall–Kier alpha value is -1.06. The van der Waals surface area contributed by atoms with Gasteiger partial charge < -0.3 is 9.64 Å². The van der Waals surface area contributed by atoms with Gasteiger partial charge in [0.1, 0.15) is 11.4 Å². The molecule has 0 bridgehead atoms. The summed E-state index contributed by atoms with van der Waals surface area (Å²) < 4.78 is 5.38. The first kappa shape index (κ1) is 14.0. The third-order valence-corrected chi connectivity index (χ3v) is 2.91. The highest BCUT2D eigenvalue weighted by atomic mass is 16.6. The van der Waals surface area contributed by atoms with Crippen molar-refractivity contribution >= 4 is 11.9 Å². The van der Waals surface area contributed by atoms with Crippen molar-refractivity contribution in [3.63, 3.8) is 0 Å². The Kier molecular flexibility index (Phi) is 4.17. The molecule has 0 aromatic rings. The lowest BCUT2D eigenvalue weighted by Gasteiger charge is -2.31. The average molecular weight is 241 g/mol. The number of likely N-dealkylation sites (tertiary alicyclic amines) is 1. The first-order valence-corrected chi connectivity index (χ1v) is 6.21. The zero-order valence-corrected chi connectivity index (χ0v) is 11.4. The SMILES string of the molecule is CC(=O)CC1CCC(C)N1C(=O)OC(C)(C)C. The van der Waals surface area contributed by atoms with Crippen LogP contribution in [-0.2, 0) is 9.53 Å². The van der Waals surface area contributed by atoms with E-state index in [1.807, 2.05) is 27.7 Å². The first-order chi connectivity index (χ1) is 7.70. The van der Waals surface area contributed by atoms with Crippen molar-refractivity contribution in [2.24, 2.45) is 0 Å². The molecule has 1 rings (SSSR count). The van der Waals surface area contributed by atoms with E-state index in [1.165, 1.54) is 0 Å². The summed E-state index contributed by atoms with van der Waals surface area (Å²) in [4.78, 5) is 25.0. The van der Waals surface area contributed by atoms with Crippen LogP contribution in [0.4, 0.5) is 4.79 Å². The van der Waals surface area contributed by atoms with Gasteiger partial charge >= 0.3 is 6.09 Å². The third kappa shape index (κ3) is 4.02. The zero-order chi connectivity index (χ0) is 13.2. The molecule has 1 heterocycles. The molecule has 4 nitrogen and oxygen atoms in total. The highest BCUT2D eigenvalue weighted by molar-refractivity contribution is 5.77. The molecule has 1 aliphatic rings. The van der Waals surface area contributed by atoms with Crippen LogP contribution in [0.5, 0.6) is 0 Å². The number of nitrogens with zero attached hydrogens (tertiary/aromatic N) is 1. The maximum Gasteiger partial charge on any atom is 0.410 e. The molecule has 0 aromatic carbocycles. The maximum atomic E-state index is 12.1. The molecule has 1 saturated heterocycles. The van der Waals surface area contributed by atoms with E-state index in [2.05, 4.69) is 0 Å². The smallest absolute Gasteiger partial charge is 0.410 e. The number of rotatable bonds is 2. The van der Waals surface area contributed by atoms with Crippen LogP contribution in [0.1, 0.15) is 53.9 Å².